The van der Waals surface area contributed by atoms with Gasteiger partial charge in [0, 0.05) is 13.1 Å². The minimum atomic E-state index is -0.895. The fourth-order valence-corrected chi connectivity index (χ4v) is 4.12. The third-order valence-corrected chi connectivity index (χ3v) is 5.67. The van der Waals surface area contributed by atoms with Gasteiger partial charge in [-0.25, -0.2) is 4.39 Å². The maximum atomic E-state index is 13.4. The fraction of sp³-hybridized carbons (Fsp3) is 0.417. The van der Waals surface area contributed by atoms with Crippen LogP contribution in [0.1, 0.15) is 35.7 Å². The molecule has 166 valence electrons. The first kappa shape index (κ1) is 22.6. The standard InChI is InChI=1S/C24H28FNO5/c1-4-31-23(28)24(15-17-6-8-18(25)9-7-17)12-5-13-26(16-24)22(27)20-14-19(29-2)10-11-21(20)30-3/h6-11,14H,4-5,12-13,15-16H2,1-3H3/t24-/m0/s1. The zero-order valence-electron chi connectivity index (χ0n) is 18.2. The van der Waals surface area contributed by atoms with Crippen molar-refractivity contribution in [2.75, 3.05) is 33.9 Å². The van der Waals surface area contributed by atoms with Crippen molar-refractivity contribution in [3.63, 3.8) is 0 Å². The molecule has 0 radical (unpaired) electrons. The minimum absolute atomic E-state index is 0.211. The van der Waals surface area contributed by atoms with Crippen molar-refractivity contribution in [1.29, 1.82) is 0 Å². The summed E-state index contributed by atoms with van der Waals surface area (Å²) in [4.78, 5) is 28.1. The Balaban J connectivity index is 1.92. The third kappa shape index (κ3) is 4.98. The number of methoxy groups -OCH3 is 2. The minimum Gasteiger partial charge on any atom is -0.497 e. The van der Waals surface area contributed by atoms with Gasteiger partial charge in [0.25, 0.3) is 5.91 Å². The van der Waals surface area contributed by atoms with E-state index in [4.69, 9.17) is 14.2 Å². The molecule has 1 amide bonds. The number of ether oxygens (including phenoxy) is 3. The van der Waals surface area contributed by atoms with Crippen molar-refractivity contribution in [3.8, 4) is 11.5 Å². The van der Waals surface area contributed by atoms with E-state index in [1.807, 2.05) is 0 Å². The number of likely N-dealkylation sites (tertiary alicyclic amines) is 1. The number of hydrogen-bond acceptors (Lipinski definition) is 5. The molecule has 6 nitrogen and oxygen atoms in total. The molecular formula is C24H28FNO5. The lowest BCUT2D eigenvalue weighted by Crippen LogP contribution is -2.51. The van der Waals surface area contributed by atoms with Crippen LogP contribution in [0.25, 0.3) is 0 Å². The maximum absolute atomic E-state index is 13.4. The van der Waals surface area contributed by atoms with Gasteiger partial charge in [-0.05, 0) is 62.1 Å². The van der Waals surface area contributed by atoms with Crippen LogP contribution in [0.15, 0.2) is 42.5 Å². The Labute approximate surface area is 181 Å². The summed E-state index contributed by atoms with van der Waals surface area (Å²) in [5.74, 6) is 0.0814. The molecule has 2 aromatic rings. The van der Waals surface area contributed by atoms with Gasteiger partial charge < -0.3 is 19.1 Å². The van der Waals surface area contributed by atoms with Crippen LogP contribution in [-0.2, 0) is 16.0 Å². The van der Waals surface area contributed by atoms with Crippen LogP contribution in [0, 0.1) is 11.2 Å². The van der Waals surface area contributed by atoms with Gasteiger partial charge in [0.15, 0.2) is 0 Å². The first-order chi connectivity index (χ1) is 14.9. The van der Waals surface area contributed by atoms with E-state index < -0.39 is 5.41 Å². The molecule has 1 aliphatic rings. The summed E-state index contributed by atoms with van der Waals surface area (Å²) >= 11 is 0. The molecule has 0 spiro atoms. The number of amides is 1. The number of esters is 1. The summed E-state index contributed by atoms with van der Waals surface area (Å²) in [6, 6.07) is 11.1. The normalized spacial score (nSPS) is 18.4. The smallest absolute Gasteiger partial charge is 0.314 e. The van der Waals surface area contributed by atoms with E-state index >= 15 is 0 Å². The molecule has 3 rings (SSSR count). The quantitative estimate of drug-likeness (QED) is 0.625. The molecule has 1 aliphatic heterocycles. The third-order valence-electron chi connectivity index (χ3n) is 5.67. The van der Waals surface area contributed by atoms with E-state index in [1.165, 1.54) is 26.4 Å². The highest BCUT2D eigenvalue weighted by atomic mass is 19.1. The van der Waals surface area contributed by atoms with E-state index in [0.717, 1.165) is 5.56 Å². The van der Waals surface area contributed by atoms with Crippen LogP contribution in [0.5, 0.6) is 11.5 Å². The second-order valence-corrected chi connectivity index (χ2v) is 7.70. The van der Waals surface area contributed by atoms with Gasteiger partial charge >= 0.3 is 5.97 Å². The number of piperidine rings is 1. The number of nitrogens with zero attached hydrogens (tertiary/aromatic N) is 1. The number of hydrogen-bond donors (Lipinski definition) is 0. The van der Waals surface area contributed by atoms with Gasteiger partial charge in [-0.15, -0.1) is 0 Å². The van der Waals surface area contributed by atoms with Gasteiger partial charge in [-0.2, -0.15) is 0 Å². The van der Waals surface area contributed by atoms with Gasteiger partial charge in [0.05, 0.1) is 31.8 Å². The Morgan fingerprint density at radius 3 is 2.48 bits per heavy atom. The van der Waals surface area contributed by atoms with E-state index in [1.54, 1.807) is 42.2 Å². The van der Waals surface area contributed by atoms with Crippen molar-refractivity contribution in [1.82, 2.24) is 4.90 Å². The summed E-state index contributed by atoms with van der Waals surface area (Å²) in [6.07, 6.45) is 1.60. The predicted molar refractivity (Wildman–Crippen MR) is 114 cm³/mol. The number of halogens is 1. The molecule has 1 heterocycles. The van der Waals surface area contributed by atoms with Gasteiger partial charge in [0.2, 0.25) is 0 Å². The summed E-state index contributed by atoms with van der Waals surface area (Å²) in [6.45, 7) is 2.74. The summed E-state index contributed by atoms with van der Waals surface area (Å²) in [5, 5.41) is 0. The average Bonchev–Trinajstić information content (AvgIpc) is 2.80. The Hall–Kier alpha value is -3.09. The average molecular weight is 429 g/mol. The molecule has 0 aliphatic carbocycles. The molecule has 1 atom stereocenters. The number of rotatable bonds is 7. The van der Waals surface area contributed by atoms with Crippen molar-refractivity contribution in [3.05, 3.63) is 59.4 Å². The number of benzene rings is 2. The lowest BCUT2D eigenvalue weighted by molar-refractivity contribution is -0.158. The molecule has 0 unspecified atom stereocenters. The first-order valence-corrected chi connectivity index (χ1v) is 10.4. The molecule has 7 heteroatoms. The lowest BCUT2D eigenvalue weighted by atomic mass is 9.75. The Morgan fingerprint density at radius 2 is 1.84 bits per heavy atom. The fourth-order valence-electron chi connectivity index (χ4n) is 4.12. The number of carbonyl (C=O) groups excluding carboxylic acids is 2. The topological polar surface area (TPSA) is 65.1 Å². The Bertz CT molecular complexity index is 930. The van der Waals surface area contributed by atoms with Gasteiger partial charge in [-0.1, -0.05) is 12.1 Å². The molecular weight excluding hydrogens is 401 g/mol. The van der Waals surface area contributed by atoms with E-state index in [2.05, 4.69) is 0 Å². The lowest BCUT2D eigenvalue weighted by Gasteiger charge is -2.41. The molecule has 31 heavy (non-hydrogen) atoms. The second kappa shape index (κ2) is 9.81. The van der Waals surface area contributed by atoms with Gasteiger partial charge in [0.1, 0.15) is 17.3 Å². The molecule has 0 aromatic heterocycles. The zero-order valence-corrected chi connectivity index (χ0v) is 18.2. The zero-order chi connectivity index (χ0) is 22.4. The highest BCUT2D eigenvalue weighted by Crippen LogP contribution is 2.37. The Morgan fingerprint density at radius 1 is 1.10 bits per heavy atom. The van der Waals surface area contributed by atoms with E-state index in [9.17, 15) is 14.0 Å². The highest BCUT2D eigenvalue weighted by Gasteiger charge is 2.45. The molecule has 0 bridgehead atoms. The van der Waals surface area contributed by atoms with Crippen molar-refractivity contribution >= 4 is 11.9 Å². The second-order valence-electron chi connectivity index (χ2n) is 7.70. The monoisotopic (exact) mass is 429 g/mol. The number of carbonyl (C=O) groups is 2. The van der Waals surface area contributed by atoms with Crippen LogP contribution in [0.2, 0.25) is 0 Å². The van der Waals surface area contributed by atoms with E-state index in [0.29, 0.717) is 42.9 Å². The molecule has 2 aromatic carbocycles. The summed E-state index contributed by atoms with van der Waals surface area (Å²) < 4.78 is 29.4. The van der Waals surface area contributed by atoms with Crippen LogP contribution >= 0.6 is 0 Å². The molecule has 0 saturated carbocycles. The van der Waals surface area contributed by atoms with Crippen LogP contribution in [0.3, 0.4) is 0 Å². The maximum Gasteiger partial charge on any atom is 0.314 e. The molecule has 1 saturated heterocycles. The van der Waals surface area contributed by atoms with Crippen molar-refractivity contribution in [2.45, 2.75) is 26.2 Å². The van der Waals surface area contributed by atoms with Crippen LogP contribution in [-0.4, -0.2) is 50.7 Å². The van der Waals surface area contributed by atoms with Crippen molar-refractivity contribution in [2.24, 2.45) is 5.41 Å². The molecule has 0 N–H and O–H groups in total. The first-order valence-electron chi connectivity index (χ1n) is 10.4. The van der Waals surface area contributed by atoms with E-state index in [-0.39, 0.29) is 30.8 Å². The largest absolute Gasteiger partial charge is 0.497 e. The summed E-state index contributed by atoms with van der Waals surface area (Å²) in [5.41, 5.74) is 0.305. The van der Waals surface area contributed by atoms with Crippen molar-refractivity contribution < 1.29 is 28.2 Å². The SMILES string of the molecule is CCOC(=O)[C@]1(Cc2ccc(F)cc2)CCCN(C(=O)c2cc(OC)ccc2OC)C1. The Kier molecular flexibility index (Phi) is 7.15. The highest BCUT2D eigenvalue weighted by molar-refractivity contribution is 5.98. The van der Waals surface area contributed by atoms with Gasteiger partial charge in [-0.3, -0.25) is 9.59 Å². The predicted octanol–water partition coefficient (Wildman–Crippen LogP) is 3.87. The van der Waals surface area contributed by atoms with Crippen LogP contribution in [0.4, 0.5) is 4.39 Å². The van der Waals surface area contributed by atoms with Crippen LogP contribution < -0.4 is 9.47 Å². The summed E-state index contributed by atoms with van der Waals surface area (Å²) in [7, 11) is 3.04. The molecule has 1 fully saturated rings.